The molecule has 55 heavy (non-hydrogen) atoms. The van der Waals surface area contributed by atoms with Gasteiger partial charge in [-0.05, 0) is 104 Å². The van der Waals surface area contributed by atoms with Crippen LogP contribution >= 0.6 is 0 Å². The van der Waals surface area contributed by atoms with Gasteiger partial charge in [0.1, 0.15) is 17.2 Å². The van der Waals surface area contributed by atoms with Crippen molar-refractivity contribution in [1.29, 1.82) is 0 Å². The number of fused-ring (bicyclic) bond motifs is 3. The molecule has 11 nitrogen and oxygen atoms in total. The summed E-state index contributed by atoms with van der Waals surface area (Å²) in [4.78, 5) is 46.1. The van der Waals surface area contributed by atoms with Crippen LogP contribution in [0.4, 0.5) is 9.59 Å². The molecule has 5 atom stereocenters. The molecule has 5 aromatic rings. The molecular weight excluding hydrogens is 691 g/mol. The summed E-state index contributed by atoms with van der Waals surface area (Å²) in [5, 5.41) is 5.36. The number of nitrogens with zero attached hydrogens (tertiary/aromatic N) is 4. The number of methoxy groups -OCH3 is 1. The van der Waals surface area contributed by atoms with Crippen LogP contribution in [0.25, 0.3) is 44.4 Å². The van der Waals surface area contributed by atoms with Crippen LogP contribution in [-0.2, 0) is 9.47 Å². The Balaban J connectivity index is 0.951. The number of rotatable bonds is 9. The Labute approximate surface area is 323 Å². The monoisotopic (exact) mass is 743 g/mol. The van der Waals surface area contributed by atoms with E-state index in [1.165, 1.54) is 26.4 Å². The molecule has 2 aromatic heterocycles. The van der Waals surface area contributed by atoms with Crippen molar-refractivity contribution >= 4 is 23.0 Å². The van der Waals surface area contributed by atoms with Gasteiger partial charge in [0.2, 0.25) is 0 Å². The van der Waals surface area contributed by atoms with E-state index < -0.39 is 5.60 Å². The Morgan fingerprint density at radius 1 is 0.855 bits per heavy atom. The van der Waals surface area contributed by atoms with Crippen LogP contribution in [0.2, 0.25) is 0 Å². The first-order valence-corrected chi connectivity index (χ1v) is 19.8. The number of likely N-dealkylation sites (tertiary alicyclic amines) is 2. The zero-order chi connectivity index (χ0) is 38.4. The Bertz CT molecular complexity index is 2170. The molecule has 0 spiro atoms. The predicted octanol–water partition coefficient (Wildman–Crippen LogP) is 9.27. The lowest BCUT2D eigenvalue weighted by Gasteiger charge is -2.37. The molecule has 288 valence electrons. The summed E-state index contributed by atoms with van der Waals surface area (Å²) >= 11 is 0. The fraction of sp³-hybridized carbons (Fsp3) is 0.455. The van der Waals surface area contributed by atoms with E-state index in [0.717, 1.165) is 75.4 Å². The second-order valence-corrected chi connectivity index (χ2v) is 16.9. The summed E-state index contributed by atoms with van der Waals surface area (Å²) in [5.74, 6) is 2.64. The molecule has 0 radical (unpaired) electrons. The van der Waals surface area contributed by atoms with E-state index in [0.29, 0.717) is 18.5 Å². The smallest absolute Gasteiger partial charge is 0.410 e. The number of nitrogens with one attached hydrogen (secondary N) is 3. The normalized spacial score (nSPS) is 21.8. The maximum Gasteiger partial charge on any atom is 0.410 e. The van der Waals surface area contributed by atoms with E-state index in [-0.39, 0.29) is 36.2 Å². The largest absolute Gasteiger partial charge is 0.453 e. The summed E-state index contributed by atoms with van der Waals surface area (Å²) in [7, 11) is 1.42. The van der Waals surface area contributed by atoms with Crippen LogP contribution < -0.4 is 5.32 Å². The molecule has 2 amide bonds. The third-order valence-electron chi connectivity index (χ3n) is 11.8. The number of imidazole rings is 2. The van der Waals surface area contributed by atoms with Crippen molar-refractivity contribution in [2.45, 2.75) is 96.5 Å². The number of H-pyrrole nitrogens is 2. The van der Waals surface area contributed by atoms with Crippen LogP contribution in [0, 0.1) is 11.8 Å². The number of carbonyl (C=O) groups excluding carboxylic acids is 2. The van der Waals surface area contributed by atoms with Crippen molar-refractivity contribution in [3.63, 3.8) is 0 Å². The van der Waals surface area contributed by atoms with Crippen molar-refractivity contribution in [2.24, 2.45) is 11.8 Å². The summed E-state index contributed by atoms with van der Waals surface area (Å²) in [6.45, 7) is 11.4. The lowest BCUT2D eigenvalue weighted by Crippen LogP contribution is -2.49. The van der Waals surface area contributed by atoms with Gasteiger partial charge < -0.3 is 24.8 Å². The number of hydrogen-bond donors (Lipinski definition) is 3. The number of piperidine rings is 1. The van der Waals surface area contributed by atoms with E-state index in [1.54, 1.807) is 4.90 Å². The molecule has 1 aliphatic carbocycles. The second kappa shape index (κ2) is 14.8. The zero-order valence-electron chi connectivity index (χ0n) is 32.8. The SMILES string of the molecule is COC(=O)NC(CN1C2CCC(C2)C1c1ncc(-c2ccc(-c3ccc4cc(-c5cnc(C6CCCN6C(=O)OC(C)(C)C)[nH]5)ccc4c3)cc2)[nH]1)C(C)C. The maximum atomic E-state index is 12.9. The molecular formula is C44H53N7O4. The van der Waals surface area contributed by atoms with Crippen LogP contribution in [0.1, 0.15) is 90.5 Å². The van der Waals surface area contributed by atoms with E-state index in [1.807, 2.05) is 33.2 Å². The van der Waals surface area contributed by atoms with Crippen LogP contribution in [0.3, 0.4) is 0 Å². The minimum Gasteiger partial charge on any atom is -0.453 e. The number of aromatic amines is 2. The molecule has 3 fully saturated rings. The first-order chi connectivity index (χ1) is 26.4. The van der Waals surface area contributed by atoms with Gasteiger partial charge in [-0.1, -0.05) is 62.4 Å². The van der Waals surface area contributed by atoms with Crippen molar-refractivity contribution in [2.75, 3.05) is 20.2 Å². The molecule has 3 aliphatic rings. The molecule has 1 saturated carbocycles. The van der Waals surface area contributed by atoms with Crippen molar-refractivity contribution < 1.29 is 19.1 Å². The third-order valence-corrected chi connectivity index (χ3v) is 11.8. The second-order valence-electron chi connectivity index (χ2n) is 16.9. The van der Waals surface area contributed by atoms with Gasteiger partial charge in [-0.2, -0.15) is 0 Å². The minimum absolute atomic E-state index is 0.000301. The van der Waals surface area contributed by atoms with Gasteiger partial charge in [-0.25, -0.2) is 19.6 Å². The number of aromatic nitrogens is 4. The number of alkyl carbamates (subject to hydrolysis) is 1. The predicted molar refractivity (Wildman–Crippen MR) is 214 cm³/mol. The Morgan fingerprint density at radius 3 is 2.20 bits per heavy atom. The quantitative estimate of drug-likeness (QED) is 0.137. The van der Waals surface area contributed by atoms with Gasteiger partial charge in [0, 0.05) is 30.7 Å². The Morgan fingerprint density at radius 2 is 1.49 bits per heavy atom. The minimum atomic E-state index is -0.539. The van der Waals surface area contributed by atoms with E-state index in [4.69, 9.17) is 19.4 Å². The topological polar surface area (TPSA) is 128 Å². The van der Waals surface area contributed by atoms with E-state index >= 15 is 0 Å². The van der Waals surface area contributed by atoms with Crippen molar-refractivity contribution in [1.82, 2.24) is 35.1 Å². The maximum absolute atomic E-state index is 12.9. The highest BCUT2D eigenvalue weighted by Gasteiger charge is 2.48. The molecule has 11 heteroatoms. The number of ether oxygens (including phenoxy) is 2. The molecule has 3 aromatic carbocycles. The average molecular weight is 744 g/mol. The number of hydrogen-bond acceptors (Lipinski definition) is 7. The lowest BCUT2D eigenvalue weighted by atomic mass is 9.96. The molecule has 4 heterocycles. The molecule has 2 saturated heterocycles. The Hall–Kier alpha value is -5.16. The highest BCUT2D eigenvalue weighted by atomic mass is 16.6. The van der Waals surface area contributed by atoms with Crippen molar-refractivity contribution in [3.05, 3.63) is 84.7 Å². The fourth-order valence-electron chi connectivity index (χ4n) is 8.89. The summed E-state index contributed by atoms with van der Waals surface area (Å²) in [5.41, 5.74) is 5.85. The third kappa shape index (κ3) is 7.59. The average Bonchev–Trinajstić information content (AvgIpc) is 4.02. The van der Waals surface area contributed by atoms with Crippen molar-refractivity contribution in [3.8, 4) is 33.6 Å². The number of amides is 2. The molecule has 2 bridgehead atoms. The van der Waals surface area contributed by atoms with Gasteiger partial charge in [-0.3, -0.25) is 9.80 Å². The van der Waals surface area contributed by atoms with Gasteiger partial charge in [-0.15, -0.1) is 0 Å². The first kappa shape index (κ1) is 36.8. The highest BCUT2D eigenvalue weighted by Crippen LogP contribution is 2.50. The van der Waals surface area contributed by atoms with Gasteiger partial charge >= 0.3 is 12.2 Å². The standard InChI is InChI=1S/C44H53N7O4/c1-26(2)37(49-42(52)54-6)25-51-34-18-17-33(22-34)39(51)41-46-23-35(48-41)28-11-9-27(10-12-28)29-13-14-31-21-32(16-15-30(31)20-29)36-24-45-40(47-36)38-8-7-19-50(38)43(53)55-44(3,4)5/h9-16,20-21,23-24,26,33-34,37-39H,7-8,17-19,22,25H2,1-6H3,(H,45,47)(H,46,48)(H,49,52). The van der Waals surface area contributed by atoms with E-state index in [2.05, 4.69) is 94.7 Å². The summed E-state index contributed by atoms with van der Waals surface area (Å²) in [6, 6.07) is 22.3. The van der Waals surface area contributed by atoms with E-state index in [9.17, 15) is 9.59 Å². The van der Waals surface area contributed by atoms with Gasteiger partial charge in [0.25, 0.3) is 0 Å². The highest BCUT2D eigenvalue weighted by molar-refractivity contribution is 5.90. The van der Waals surface area contributed by atoms with Gasteiger partial charge in [0.05, 0.1) is 43.0 Å². The zero-order valence-corrected chi connectivity index (χ0v) is 32.8. The summed E-state index contributed by atoms with van der Waals surface area (Å²) in [6.07, 6.45) is 8.51. The van der Waals surface area contributed by atoms with Gasteiger partial charge in [0.15, 0.2) is 0 Å². The lowest BCUT2D eigenvalue weighted by molar-refractivity contribution is 0.0218. The molecule has 3 N–H and O–H groups in total. The fourth-order valence-corrected chi connectivity index (χ4v) is 8.89. The first-order valence-electron chi connectivity index (χ1n) is 19.8. The number of benzene rings is 3. The van der Waals surface area contributed by atoms with Crippen LogP contribution in [-0.4, -0.2) is 79.8 Å². The van der Waals surface area contributed by atoms with Crippen LogP contribution in [0.15, 0.2) is 73.1 Å². The van der Waals surface area contributed by atoms with Crippen LogP contribution in [0.5, 0.6) is 0 Å². The Kier molecular flexibility index (Phi) is 9.92. The molecule has 2 aliphatic heterocycles. The molecule has 8 rings (SSSR count). The number of carbonyl (C=O) groups is 2. The molecule has 5 unspecified atom stereocenters. The summed E-state index contributed by atoms with van der Waals surface area (Å²) < 4.78 is 10.6.